The number of rotatable bonds is 7. The minimum atomic E-state index is -0.141. The maximum Gasteiger partial charge on any atom is 0.0552 e. The molecule has 0 aliphatic carbocycles. The third kappa shape index (κ3) is 5.17. The van der Waals surface area contributed by atoms with E-state index in [1.807, 2.05) is 18.7 Å². The molecule has 0 bridgehead atoms. The van der Waals surface area contributed by atoms with E-state index in [1.54, 1.807) is 0 Å². The van der Waals surface area contributed by atoms with E-state index in [0.29, 0.717) is 5.92 Å². The fraction of sp³-hybridized carbons (Fsp3) is 0.625. The van der Waals surface area contributed by atoms with Gasteiger partial charge in [-0.15, -0.1) is 0 Å². The van der Waals surface area contributed by atoms with E-state index in [0.717, 1.165) is 18.7 Å². The Balaban J connectivity index is 1.53. The van der Waals surface area contributed by atoms with E-state index in [2.05, 4.69) is 35.2 Å². The number of nitrogens with zero attached hydrogens (tertiary/aromatic N) is 1. The highest BCUT2D eigenvalue weighted by atomic mass is 32.2. The van der Waals surface area contributed by atoms with Crippen molar-refractivity contribution in [1.29, 1.82) is 0 Å². The van der Waals surface area contributed by atoms with Crippen molar-refractivity contribution < 1.29 is 5.11 Å². The van der Waals surface area contributed by atoms with Crippen molar-refractivity contribution in [2.24, 2.45) is 5.92 Å². The molecule has 2 unspecified atom stereocenters. The Morgan fingerprint density at radius 3 is 2.84 bits per heavy atom. The van der Waals surface area contributed by atoms with Gasteiger partial charge < -0.3 is 10.0 Å². The highest BCUT2D eigenvalue weighted by Crippen LogP contribution is 2.20. The predicted octanol–water partition coefficient (Wildman–Crippen LogP) is 3.01. The first kappa shape index (κ1) is 14.9. The molecule has 106 valence electrons. The third-order valence-corrected chi connectivity index (χ3v) is 4.98. The molecular weight excluding hydrogens is 254 g/mol. The van der Waals surface area contributed by atoms with Gasteiger partial charge in [0, 0.05) is 12.3 Å². The van der Waals surface area contributed by atoms with Gasteiger partial charge in [0.25, 0.3) is 0 Å². The summed E-state index contributed by atoms with van der Waals surface area (Å²) in [4.78, 5) is 2.50. The first-order valence-electron chi connectivity index (χ1n) is 7.28. The zero-order valence-corrected chi connectivity index (χ0v) is 12.6. The van der Waals surface area contributed by atoms with Crippen LogP contribution in [0.1, 0.15) is 25.3 Å². The maximum atomic E-state index is 9.57. The lowest BCUT2D eigenvalue weighted by Crippen LogP contribution is -2.25. The summed E-state index contributed by atoms with van der Waals surface area (Å²) in [5, 5.41) is 9.57. The molecule has 1 aliphatic rings. The number of hydrogen-bond acceptors (Lipinski definition) is 3. The van der Waals surface area contributed by atoms with E-state index < -0.39 is 0 Å². The smallest absolute Gasteiger partial charge is 0.0552 e. The zero-order valence-electron chi connectivity index (χ0n) is 11.8. The van der Waals surface area contributed by atoms with Gasteiger partial charge in [0.1, 0.15) is 0 Å². The Hall–Kier alpha value is -0.510. The van der Waals surface area contributed by atoms with Crippen LogP contribution in [0.2, 0.25) is 0 Å². The highest BCUT2D eigenvalue weighted by Gasteiger charge is 2.25. The summed E-state index contributed by atoms with van der Waals surface area (Å²) >= 11 is 2.02. The van der Waals surface area contributed by atoms with Gasteiger partial charge in [-0.25, -0.2) is 0 Å². The van der Waals surface area contributed by atoms with Gasteiger partial charge in [-0.2, -0.15) is 11.8 Å². The Morgan fingerprint density at radius 2 is 2.16 bits per heavy atom. The van der Waals surface area contributed by atoms with Crippen LogP contribution in [0.4, 0.5) is 0 Å². The first-order valence-corrected chi connectivity index (χ1v) is 8.43. The van der Waals surface area contributed by atoms with Crippen molar-refractivity contribution in [3.63, 3.8) is 0 Å². The van der Waals surface area contributed by atoms with Crippen molar-refractivity contribution in [3.8, 4) is 0 Å². The molecule has 1 aromatic carbocycles. The summed E-state index contributed by atoms with van der Waals surface area (Å²) in [5.41, 5.74) is 1.42. The molecule has 0 aromatic heterocycles. The second kappa shape index (κ2) is 7.93. The van der Waals surface area contributed by atoms with E-state index >= 15 is 0 Å². The molecule has 0 spiro atoms. The number of likely N-dealkylation sites (tertiary alicyclic amines) is 1. The second-order valence-electron chi connectivity index (χ2n) is 5.48. The van der Waals surface area contributed by atoms with Crippen LogP contribution in [-0.4, -0.2) is 41.5 Å². The summed E-state index contributed by atoms with van der Waals surface area (Å²) in [7, 11) is 0. The van der Waals surface area contributed by atoms with Gasteiger partial charge in [-0.1, -0.05) is 30.3 Å². The van der Waals surface area contributed by atoms with Crippen molar-refractivity contribution in [1.82, 2.24) is 4.90 Å². The molecule has 1 heterocycles. The van der Waals surface area contributed by atoms with Gasteiger partial charge in [0.15, 0.2) is 0 Å². The van der Waals surface area contributed by atoms with Crippen molar-refractivity contribution in [3.05, 3.63) is 35.9 Å². The Morgan fingerprint density at radius 1 is 1.37 bits per heavy atom. The maximum absolute atomic E-state index is 9.57. The summed E-state index contributed by atoms with van der Waals surface area (Å²) in [6.45, 7) is 5.36. The van der Waals surface area contributed by atoms with E-state index in [1.165, 1.54) is 30.8 Å². The van der Waals surface area contributed by atoms with E-state index in [9.17, 15) is 5.11 Å². The molecule has 2 nitrogen and oxygen atoms in total. The summed E-state index contributed by atoms with van der Waals surface area (Å²) in [6.07, 6.45) is 2.27. The normalized spacial score (nSPS) is 21.7. The first-order chi connectivity index (χ1) is 9.25. The number of aliphatic hydroxyl groups is 1. The summed E-state index contributed by atoms with van der Waals surface area (Å²) in [5.74, 6) is 2.85. The minimum Gasteiger partial charge on any atom is -0.393 e. The average Bonchev–Trinajstić information content (AvgIpc) is 2.89. The number of hydrogen-bond donors (Lipinski definition) is 1. The topological polar surface area (TPSA) is 23.5 Å². The molecule has 2 rings (SSSR count). The van der Waals surface area contributed by atoms with Crippen LogP contribution < -0.4 is 0 Å². The lowest BCUT2D eigenvalue weighted by atomic mass is 10.0. The standard InChI is InChI=1S/C16H25NOS/c1-14(18)16-8-10-17(12-16)9-5-11-19-13-15-6-3-2-4-7-15/h2-4,6-7,14,16,18H,5,8-13H2,1H3. The monoisotopic (exact) mass is 279 g/mol. The fourth-order valence-corrected chi connectivity index (χ4v) is 3.52. The molecular formula is C16H25NOS. The zero-order chi connectivity index (χ0) is 13.5. The molecule has 0 saturated carbocycles. The van der Waals surface area contributed by atoms with Crippen molar-refractivity contribution in [2.45, 2.75) is 31.6 Å². The predicted molar refractivity (Wildman–Crippen MR) is 83.4 cm³/mol. The highest BCUT2D eigenvalue weighted by molar-refractivity contribution is 7.98. The van der Waals surface area contributed by atoms with Crippen LogP contribution >= 0.6 is 11.8 Å². The molecule has 0 amide bonds. The average molecular weight is 279 g/mol. The quantitative estimate of drug-likeness (QED) is 0.776. The summed E-state index contributed by atoms with van der Waals surface area (Å²) < 4.78 is 0. The lowest BCUT2D eigenvalue weighted by molar-refractivity contribution is 0.128. The van der Waals surface area contributed by atoms with Gasteiger partial charge in [-0.05, 0) is 50.1 Å². The largest absolute Gasteiger partial charge is 0.393 e. The molecule has 2 atom stereocenters. The van der Waals surface area contributed by atoms with Crippen LogP contribution in [0.25, 0.3) is 0 Å². The third-order valence-electron chi connectivity index (χ3n) is 3.87. The Bertz CT molecular complexity index is 355. The fourth-order valence-electron chi connectivity index (χ4n) is 2.61. The van der Waals surface area contributed by atoms with Gasteiger partial charge in [0.05, 0.1) is 6.10 Å². The van der Waals surface area contributed by atoms with Crippen LogP contribution in [0, 0.1) is 5.92 Å². The SMILES string of the molecule is CC(O)C1CCN(CCCSCc2ccccc2)C1. The Labute approximate surface area is 121 Å². The van der Waals surface area contributed by atoms with Crippen LogP contribution in [0.15, 0.2) is 30.3 Å². The van der Waals surface area contributed by atoms with Crippen LogP contribution in [0.5, 0.6) is 0 Å². The molecule has 1 N–H and O–H groups in total. The number of benzene rings is 1. The molecule has 1 fully saturated rings. The molecule has 19 heavy (non-hydrogen) atoms. The van der Waals surface area contributed by atoms with Crippen LogP contribution in [-0.2, 0) is 5.75 Å². The molecule has 1 saturated heterocycles. The number of thioether (sulfide) groups is 1. The van der Waals surface area contributed by atoms with Gasteiger partial charge in [0.2, 0.25) is 0 Å². The Kier molecular flexibility index (Phi) is 6.21. The van der Waals surface area contributed by atoms with E-state index in [-0.39, 0.29) is 6.10 Å². The van der Waals surface area contributed by atoms with E-state index in [4.69, 9.17) is 0 Å². The van der Waals surface area contributed by atoms with Crippen molar-refractivity contribution in [2.75, 3.05) is 25.4 Å². The number of aliphatic hydroxyl groups excluding tert-OH is 1. The molecule has 1 aromatic rings. The second-order valence-corrected chi connectivity index (χ2v) is 6.59. The van der Waals surface area contributed by atoms with Gasteiger partial charge >= 0.3 is 0 Å². The minimum absolute atomic E-state index is 0.141. The van der Waals surface area contributed by atoms with Gasteiger partial charge in [-0.3, -0.25) is 0 Å². The molecule has 0 radical (unpaired) electrons. The summed E-state index contributed by atoms with van der Waals surface area (Å²) in [6, 6.07) is 10.7. The lowest BCUT2D eigenvalue weighted by Gasteiger charge is -2.17. The van der Waals surface area contributed by atoms with Crippen molar-refractivity contribution >= 4 is 11.8 Å². The molecule has 1 aliphatic heterocycles. The molecule has 3 heteroatoms. The van der Waals surface area contributed by atoms with Crippen LogP contribution in [0.3, 0.4) is 0 Å².